The minimum atomic E-state index is -3.72. The maximum atomic E-state index is 12.4. The van der Waals surface area contributed by atoms with Crippen molar-refractivity contribution in [3.8, 4) is 0 Å². The molecule has 5 nitrogen and oxygen atoms in total. The molecule has 0 heterocycles. The van der Waals surface area contributed by atoms with E-state index in [1.54, 1.807) is 24.3 Å². The second kappa shape index (κ2) is 8.24. The average molecular weight is 401 g/mol. The van der Waals surface area contributed by atoms with Crippen LogP contribution < -0.4 is 10.0 Å². The van der Waals surface area contributed by atoms with E-state index in [4.69, 9.17) is 11.6 Å². The third-order valence-corrected chi connectivity index (χ3v) is 5.47. The fourth-order valence-electron chi connectivity index (χ4n) is 2.40. The summed E-state index contributed by atoms with van der Waals surface area (Å²) in [6, 6.07) is 21.7. The molecule has 3 aromatic carbocycles. The number of hydrogen-bond acceptors (Lipinski definition) is 3. The van der Waals surface area contributed by atoms with Gasteiger partial charge in [-0.15, -0.1) is 0 Å². The minimum absolute atomic E-state index is 0.108. The molecule has 2 N–H and O–H groups in total. The van der Waals surface area contributed by atoms with Gasteiger partial charge < -0.3 is 5.32 Å². The van der Waals surface area contributed by atoms with Gasteiger partial charge in [-0.3, -0.25) is 9.52 Å². The van der Waals surface area contributed by atoms with Crippen molar-refractivity contribution >= 4 is 33.2 Å². The highest BCUT2D eigenvalue weighted by atomic mass is 35.5. The maximum absolute atomic E-state index is 12.4. The summed E-state index contributed by atoms with van der Waals surface area (Å²) >= 11 is 5.78. The van der Waals surface area contributed by atoms with Crippen molar-refractivity contribution in [2.75, 3.05) is 4.72 Å². The number of carbonyl (C=O) groups excluding carboxylic acids is 1. The lowest BCUT2D eigenvalue weighted by atomic mass is 10.2. The molecule has 0 atom stereocenters. The van der Waals surface area contributed by atoms with Gasteiger partial charge in [-0.1, -0.05) is 41.9 Å². The standard InChI is InChI=1S/C20H17ClN2O3S/c21-17-8-12-19(13-9-17)27(25,26)23-18-10-6-16(7-11-18)20(24)22-14-15-4-2-1-3-5-15/h1-13,23H,14H2,(H,22,24). The van der Waals surface area contributed by atoms with Crippen molar-refractivity contribution in [3.63, 3.8) is 0 Å². The van der Waals surface area contributed by atoms with Crippen LogP contribution >= 0.6 is 11.6 Å². The molecule has 1 amide bonds. The number of benzene rings is 3. The van der Waals surface area contributed by atoms with Gasteiger partial charge in [0.25, 0.3) is 15.9 Å². The molecule has 0 bridgehead atoms. The summed E-state index contributed by atoms with van der Waals surface area (Å²) in [5.74, 6) is -0.231. The van der Waals surface area contributed by atoms with E-state index in [9.17, 15) is 13.2 Å². The Balaban J connectivity index is 1.64. The normalized spacial score (nSPS) is 11.0. The second-order valence-electron chi connectivity index (χ2n) is 5.81. The molecular formula is C20H17ClN2O3S. The molecule has 0 aliphatic rings. The molecule has 3 rings (SSSR count). The molecule has 27 heavy (non-hydrogen) atoms. The third-order valence-electron chi connectivity index (χ3n) is 3.82. The summed E-state index contributed by atoms with van der Waals surface area (Å²) in [5.41, 5.74) is 1.81. The Kier molecular flexibility index (Phi) is 5.78. The van der Waals surface area contributed by atoms with Gasteiger partial charge in [0, 0.05) is 22.8 Å². The van der Waals surface area contributed by atoms with E-state index in [0.29, 0.717) is 22.8 Å². The van der Waals surface area contributed by atoms with Crippen molar-refractivity contribution in [3.05, 3.63) is 95.0 Å². The van der Waals surface area contributed by atoms with Gasteiger partial charge in [0.2, 0.25) is 0 Å². The Morgan fingerprint density at radius 1 is 0.852 bits per heavy atom. The van der Waals surface area contributed by atoms with E-state index in [1.165, 1.54) is 24.3 Å². The van der Waals surface area contributed by atoms with Crippen LogP contribution in [0.15, 0.2) is 83.8 Å². The molecule has 0 fully saturated rings. The topological polar surface area (TPSA) is 75.3 Å². The van der Waals surface area contributed by atoms with Crippen LogP contribution in [-0.4, -0.2) is 14.3 Å². The predicted molar refractivity (Wildman–Crippen MR) is 106 cm³/mol. The van der Waals surface area contributed by atoms with E-state index in [2.05, 4.69) is 10.0 Å². The summed E-state index contributed by atoms with van der Waals surface area (Å²) in [4.78, 5) is 12.3. The van der Waals surface area contributed by atoms with Gasteiger partial charge in [0.05, 0.1) is 4.90 Å². The van der Waals surface area contributed by atoms with Gasteiger partial charge in [0.15, 0.2) is 0 Å². The largest absolute Gasteiger partial charge is 0.348 e. The van der Waals surface area contributed by atoms with E-state index in [0.717, 1.165) is 5.56 Å². The van der Waals surface area contributed by atoms with Crippen LogP contribution in [0.4, 0.5) is 5.69 Å². The first kappa shape index (κ1) is 18.9. The molecule has 0 saturated carbocycles. The molecule has 0 radical (unpaired) electrons. The van der Waals surface area contributed by atoms with E-state index < -0.39 is 10.0 Å². The number of amides is 1. The Bertz CT molecular complexity index is 1020. The highest BCUT2D eigenvalue weighted by molar-refractivity contribution is 7.92. The molecule has 0 saturated heterocycles. The van der Waals surface area contributed by atoms with Crippen LogP contribution in [0.5, 0.6) is 0 Å². The fourth-order valence-corrected chi connectivity index (χ4v) is 3.58. The number of hydrogen-bond donors (Lipinski definition) is 2. The summed E-state index contributed by atoms with van der Waals surface area (Å²) in [6.07, 6.45) is 0. The van der Waals surface area contributed by atoms with E-state index >= 15 is 0 Å². The molecule has 7 heteroatoms. The van der Waals surface area contributed by atoms with Gasteiger partial charge in [0.1, 0.15) is 0 Å². The van der Waals surface area contributed by atoms with Crippen molar-refractivity contribution in [1.29, 1.82) is 0 Å². The summed E-state index contributed by atoms with van der Waals surface area (Å²) in [6.45, 7) is 0.421. The Morgan fingerprint density at radius 2 is 1.48 bits per heavy atom. The molecule has 0 unspecified atom stereocenters. The Labute approximate surface area is 163 Å². The van der Waals surface area contributed by atoms with Gasteiger partial charge in [-0.25, -0.2) is 8.42 Å². The lowest BCUT2D eigenvalue weighted by Crippen LogP contribution is -2.22. The van der Waals surface area contributed by atoms with Crippen LogP contribution in [-0.2, 0) is 16.6 Å². The first-order valence-electron chi connectivity index (χ1n) is 8.15. The zero-order valence-electron chi connectivity index (χ0n) is 14.2. The zero-order chi connectivity index (χ0) is 19.3. The molecule has 0 aromatic heterocycles. The SMILES string of the molecule is O=C(NCc1ccccc1)c1ccc(NS(=O)(=O)c2ccc(Cl)cc2)cc1. The van der Waals surface area contributed by atoms with Crippen LogP contribution in [0.3, 0.4) is 0 Å². The molecule has 138 valence electrons. The fraction of sp³-hybridized carbons (Fsp3) is 0.0500. The van der Waals surface area contributed by atoms with Crippen molar-refractivity contribution in [2.24, 2.45) is 0 Å². The van der Waals surface area contributed by atoms with E-state index in [1.807, 2.05) is 30.3 Å². The Morgan fingerprint density at radius 3 is 2.11 bits per heavy atom. The zero-order valence-corrected chi connectivity index (χ0v) is 15.8. The van der Waals surface area contributed by atoms with Crippen molar-refractivity contribution in [1.82, 2.24) is 5.32 Å². The smallest absolute Gasteiger partial charge is 0.261 e. The number of halogens is 1. The first-order valence-corrected chi connectivity index (χ1v) is 10.0. The molecule has 0 aliphatic carbocycles. The third kappa shape index (κ3) is 5.09. The van der Waals surface area contributed by atoms with Gasteiger partial charge in [-0.2, -0.15) is 0 Å². The first-order chi connectivity index (χ1) is 12.9. The summed E-state index contributed by atoms with van der Waals surface area (Å²) < 4.78 is 27.2. The maximum Gasteiger partial charge on any atom is 0.261 e. The summed E-state index contributed by atoms with van der Waals surface area (Å²) in [7, 11) is -3.72. The van der Waals surface area contributed by atoms with Crippen LogP contribution in [0, 0.1) is 0 Å². The highest BCUT2D eigenvalue weighted by Gasteiger charge is 2.14. The van der Waals surface area contributed by atoms with Crippen LogP contribution in [0.1, 0.15) is 15.9 Å². The minimum Gasteiger partial charge on any atom is -0.348 e. The second-order valence-corrected chi connectivity index (χ2v) is 7.92. The number of rotatable bonds is 6. The van der Waals surface area contributed by atoms with E-state index in [-0.39, 0.29) is 10.8 Å². The van der Waals surface area contributed by atoms with Crippen LogP contribution in [0.25, 0.3) is 0 Å². The van der Waals surface area contributed by atoms with Gasteiger partial charge in [-0.05, 0) is 54.1 Å². The lowest BCUT2D eigenvalue weighted by Gasteiger charge is -2.09. The van der Waals surface area contributed by atoms with Crippen molar-refractivity contribution in [2.45, 2.75) is 11.4 Å². The lowest BCUT2D eigenvalue weighted by molar-refractivity contribution is 0.0951. The number of carbonyl (C=O) groups is 1. The van der Waals surface area contributed by atoms with Crippen LogP contribution in [0.2, 0.25) is 5.02 Å². The Hall–Kier alpha value is -2.83. The molecule has 0 spiro atoms. The number of anilines is 1. The van der Waals surface area contributed by atoms with Crippen molar-refractivity contribution < 1.29 is 13.2 Å². The quantitative estimate of drug-likeness (QED) is 0.654. The van der Waals surface area contributed by atoms with Gasteiger partial charge >= 0.3 is 0 Å². The summed E-state index contributed by atoms with van der Waals surface area (Å²) in [5, 5.41) is 3.28. The molecule has 0 aliphatic heterocycles. The molecular weight excluding hydrogens is 384 g/mol. The number of sulfonamides is 1. The average Bonchev–Trinajstić information content (AvgIpc) is 2.67. The number of nitrogens with one attached hydrogen (secondary N) is 2. The monoisotopic (exact) mass is 400 g/mol. The predicted octanol–water partition coefficient (Wildman–Crippen LogP) is 4.07. The highest BCUT2D eigenvalue weighted by Crippen LogP contribution is 2.18. The molecule has 3 aromatic rings.